The summed E-state index contributed by atoms with van der Waals surface area (Å²) >= 11 is 0. The normalized spacial score (nSPS) is 10.2. The maximum absolute atomic E-state index is 12.7. The zero-order valence-corrected chi connectivity index (χ0v) is 6.74. The van der Waals surface area contributed by atoms with E-state index in [-0.39, 0.29) is 12.2 Å². The predicted molar refractivity (Wildman–Crippen MR) is 44.5 cm³/mol. The first-order valence-electron chi connectivity index (χ1n) is 3.79. The Balaban J connectivity index is 2.57. The van der Waals surface area contributed by atoms with Crippen molar-refractivity contribution in [3.05, 3.63) is 36.0 Å². The summed E-state index contributed by atoms with van der Waals surface area (Å²) in [6.07, 6.45) is 3.56. The molecule has 0 N–H and O–H groups in total. The molecular formula is C9H6FN3. The number of nitriles is 1. The molecule has 2 aromatic rings. The third kappa shape index (κ3) is 1.36. The second-order valence-corrected chi connectivity index (χ2v) is 2.68. The summed E-state index contributed by atoms with van der Waals surface area (Å²) in [6, 6.07) is 4.68. The van der Waals surface area contributed by atoms with Gasteiger partial charge in [0.15, 0.2) is 0 Å². The van der Waals surface area contributed by atoms with Crippen LogP contribution in [0.5, 0.6) is 0 Å². The summed E-state index contributed by atoms with van der Waals surface area (Å²) < 4.78 is 14.4. The maximum atomic E-state index is 12.7. The van der Waals surface area contributed by atoms with E-state index in [0.29, 0.717) is 11.3 Å². The Morgan fingerprint density at radius 1 is 1.62 bits per heavy atom. The molecule has 3 nitrogen and oxygen atoms in total. The van der Waals surface area contributed by atoms with Crippen molar-refractivity contribution in [2.45, 2.75) is 6.42 Å². The van der Waals surface area contributed by atoms with Crippen molar-refractivity contribution >= 4 is 5.65 Å². The Morgan fingerprint density at radius 3 is 3.23 bits per heavy atom. The lowest BCUT2D eigenvalue weighted by atomic mass is 10.4. The molecule has 0 amide bonds. The van der Waals surface area contributed by atoms with Gasteiger partial charge in [-0.15, -0.1) is 0 Å². The zero-order chi connectivity index (χ0) is 9.26. The standard InChI is InChI=1S/C9H6FN3/c10-7-2-4-13-6-8(1-3-11)12-9(13)5-7/h2,4-6H,1H2. The molecule has 0 atom stereocenters. The molecule has 2 aromatic heterocycles. The first-order chi connectivity index (χ1) is 6.29. The predicted octanol–water partition coefficient (Wildman–Crippen LogP) is 1.54. The molecule has 0 spiro atoms. The molecule has 0 radical (unpaired) electrons. The smallest absolute Gasteiger partial charge is 0.139 e. The topological polar surface area (TPSA) is 41.1 Å². The molecule has 0 saturated carbocycles. The lowest BCUT2D eigenvalue weighted by Crippen LogP contribution is -1.82. The largest absolute Gasteiger partial charge is 0.307 e. The molecule has 0 unspecified atom stereocenters. The number of nitrogens with zero attached hydrogens (tertiary/aromatic N) is 3. The van der Waals surface area contributed by atoms with E-state index in [1.54, 1.807) is 16.8 Å². The Kier molecular flexibility index (Phi) is 1.71. The number of aromatic nitrogens is 2. The Labute approximate surface area is 74.1 Å². The average molecular weight is 175 g/mol. The fourth-order valence-corrected chi connectivity index (χ4v) is 1.18. The van der Waals surface area contributed by atoms with E-state index in [4.69, 9.17) is 5.26 Å². The first-order valence-corrected chi connectivity index (χ1v) is 3.79. The molecule has 13 heavy (non-hydrogen) atoms. The van der Waals surface area contributed by atoms with Crippen molar-refractivity contribution in [2.24, 2.45) is 0 Å². The van der Waals surface area contributed by atoms with Crippen LogP contribution >= 0.6 is 0 Å². The van der Waals surface area contributed by atoms with Gasteiger partial charge in [0.05, 0.1) is 18.2 Å². The van der Waals surface area contributed by atoms with E-state index in [1.807, 2.05) is 6.07 Å². The number of hydrogen-bond donors (Lipinski definition) is 0. The summed E-state index contributed by atoms with van der Waals surface area (Å²) in [5, 5.41) is 8.43. The Morgan fingerprint density at radius 2 is 2.46 bits per heavy atom. The summed E-state index contributed by atoms with van der Waals surface area (Å²) in [5.74, 6) is -0.318. The van der Waals surface area contributed by atoms with Gasteiger partial charge in [-0.3, -0.25) is 0 Å². The van der Waals surface area contributed by atoms with Crippen molar-refractivity contribution in [1.82, 2.24) is 9.38 Å². The number of pyridine rings is 1. The van der Waals surface area contributed by atoms with Gasteiger partial charge >= 0.3 is 0 Å². The van der Waals surface area contributed by atoms with Crippen molar-refractivity contribution in [2.75, 3.05) is 0 Å². The minimum Gasteiger partial charge on any atom is -0.307 e. The number of rotatable bonds is 1. The fourth-order valence-electron chi connectivity index (χ4n) is 1.18. The van der Waals surface area contributed by atoms with Gasteiger partial charge in [0, 0.05) is 18.5 Å². The molecule has 0 bridgehead atoms. The number of imidazole rings is 1. The van der Waals surface area contributed by atoms with Crippen LogP contribution < -0.4 is 0 Å². The monoisotopic (exact) mass is 175 g/mol. The van der Waals surface area contributed by atoms with Crippen molar-refractivity contribution in [3.8, 4) is 6.07 Å². The van der Waals surface area contributed by atoms with Crippen molar-refractivity contribution < 1.29 is 4.39 Å². The highest BCUT2D eigenvalue weighted by atomic mass is 19.1. The molecule has 0 aliphatic rings. The highest BCUT2D eigenvalue weighted by Crippen LogP contribution is 2.07. The second-order valence-electron chi connectivity index (χ2n) is 2.68. The maximum Gasteiger partial charge on any atom is 0.139 e. The molecule has 2 heterocycles. The minimum atomic E-state index is -0.318. The van der Waals surface area contributed by atoms with Crippen LogP contribution in [0.4, 0.5) is 4.39 Å². The van der Waals surface area contributed by atoms with Crippen LogP contribution in [-0.2, 0) is 6.42 Å². The van der Waals surface area contributed by atoms with E-state index < -0.39 is 0 Å². The lowest BCUT2D eigenvalue weighted by Gasteiger charge is -1.90. The van der Waals surface area contributed by atoms with Crippen molar-refractivity contribution in [3.63, 3.8) is 0 Å². The summed E-state index contributed by atoms with van der Waals surface area (Å²) in [6.45, 7) is 0. The van der Waals surface area contributed by atoms with Crippen LogP contribution in [0.3, 0.4) is 0 Å². The zero-order valence-electron chi connectivity index (χ0n) is 6.74. The van der Waals surface area contributed by atoms with Gasteiger partial charge in [0.2, 0.25) is 0 Å². The van der Waals surface area contributed by atoms with Crippen LogP contribution in [0.25, 0.3) is 5.65 Å². The number of fused-ring (bicyclic) bond motifs is 1. The van der Waals surface area contributed by atoms with E-state index in [9.17, 15) is 4.39 Å². The van der Waals surface area contributed by atoms with E-state index in [1.165, 1.54) is 12.1 Å². The number of halogens is 1. The quantitative estimate of drug-likeness (QED) is 0.659. The Hall–Kier alpha value is -1.89. The van der Waals surface area contributed by atoms with Gasteiger partial charge in [-0.1, -0.05) is 0 Å². The minimum absolute atomic E-state index is 0.253. The highest BCUT2D eigenvalue weighted by Gasteiger charge is 2.01. The van der Waals surface area contributed by atoms with Gasteiger partial charge in [-0.25, -0.2) is 9.37 Å². The van der Waals surface area contributed by atoms with Gasteiger partial charge < -0.3 is 4.40 Å². The summed E-state index contributed by atoms with van der Waals surface area (Å²) in [5.41, 5.74) is 1.19. The average Bonchev–Trinajstić information content (AvgIpc) is 2.46. The van der Waals surface area contributed by atoms with Crippen LogP contribution in [-0.4, -0.2) is 9.38 Å². The second kappa shape index (κ2) is 2.87. The molecule has 4 heteroatoms. The fraction of sp³-hybridized carbons (Fsp3) is 0.111. The summed E-state index contributed by atoms with van der Waals surface area (Å²) in [4.78, 5) is 4.06. The van der Waals surface area contributed by atoms with Gasteiger partial charge in [0.1, 0.15) is 11.5 Å². The van der Waals surface area contributed by atoms with E-state index in [0.717, 1.165) is 0 Å². The van der Waals surface area contributed by atoms with Gasteiger partial charge in [-0.2, -0.15) is 5.26 Å². The van der Waals surface area contributed by atoms with E-state index >= 15 is 0 Å². The third-order valence-electron chi connectivity index (χ3n) is 1.73. The van der Waals surface area contributed by atoms with Crippen molar-refractivity contribution in [1.29, 1.82) is 5.26 Å². The highest BCUT2D eigenvalue weighted by molar-refractivity contribution is 5.40. The van der Waals surface area contributed by atoms with Crippen LogP contribution in [0.15, 0.2) is 24.5 Å². The van der Waals surface area contributed by atoms with E-state index in [2.05, 4.69) is 4.98 Å². The molecule has 0 aromatic carbocycles. The third-order valence-corrected chi connectivity index (χ3v) is 1.73. The lowest BCUT2D eigenvalue weighted by molar-refractivity contribution is 0.626. The molecule has 64 valence electrons. The summed E-state index contributed by atoms with van der Waals surface area (Å²) in [7, 11) is 0. The molecular weight excluding hydrogens is 169 g/mol. The molecule has 0 fully saturated rings. The Bertz CT molecular complexity index is 481. The first kappa shape index (κ1) is 7.74. The van der Waals surface area contributed by atoms with Crippen LogP contribution in [0.1, 0.15) is 5.69 Å². The van der Waals surface area contributed by atoms with Crippen LogP contribution in [0, 0.1) is 17.1 Å². The number of hydrogen-bond acceptors (Lipinski definition) is 2. The molecule has 0 saturated heterocycles. The molecule has 0 aliphatic heterocycles. The molecule has 0 aliphatic carbocycles. The van der Waals surface area contributed by atoms with Gasteiger partial charge in [0.25, 0.3) is 0 Å². The SMILES string of the molecule is N#CCc1cn2ccc(F)cc2n1. The van der Waals surface area contributed by atoms with Crippen LogP contribution in [0.2, 0.25) is 0 Å². The molecule has 2 rings (SSSR count). The van der Waals surface area contributed by atoms with Gasteiger partial charge in [-0.05, 0) is 6.07 Å².